The van der Waals surface area contributed by atoms with Crippen LogP contribution in [0.4, 0.5) is 17.5 Å². The molecule has 0 unspecified atom stereocenters. The van der Waals surface area contributed by atoms with Crippen molar-refractivity contribution in [2.45, 2.75) is 0 Å². The second-order valence-corrected chi connectivity index (χ2v) is 8.22. The van der Waals surface area contributed by atoms with Crippen molar-refractivity contribution in [2.75, 3.05) is 36.4 Å². The fourth-order valence-electron chi connectivity index (χ4n) is 3.78. The number of hydrogen-bond acceptors (Lipinski definition) is 8. The van der Waals surface area contributed by atoms with E-state index in [0.717, 1.165) is 5.82 Å². The molecule has 0 spiro atoms. The minimum absolute atomic E-state index is 0.0534. The summed E-state index contributed by atoms with van der Waals surface area (Å²) in [4.78, 5) is 33.7. The Labute approximate surface area is 207 Å². The summed E-state index contributed by atoms with van der Waals surface area (Å²) in [5.41, 5.74) is 1.30. The highest BCUT2D eigenvalue weighted by molar-refractivity contribution is 6.32. The molecular weight excluding hydrogens is 466 g/mol. The molecule has 1 N–H and O–H groups in total. The Balaban J connectivity index is 1.35. The third-order valence-electron chi connectivity index (χ3n) is 5.59. The van der Waals surface area contributed by atoms with Crippen LogP contribution in [0.5, 0.6) is 11.5 Å². The fraction of sp³-hybridized carbons (Fsp3) is 0.160. The Morgan fingerprint density at radius 3 is 2.60 bits per heavy atom. The van der Waals surface area contributed by atoms with Crippen LogP contribution in [0.15, 0.2) is 73.7 Å². The van der Waals surface area contributed by atoms with E-state index in [2.05, 4.69) is 31.7 Å². The zero-order valence-corrected chi connectivity index (χ0v) is 19.5. The third-order valence-corrected chi connectivity index (χ3v) is 5.89. The van der Waals surface area contributed by atoms with Gasteiger partial charge in [0.2, 0.25) is 5.91 Å². The number of carbonyl (C=O) groups is 1. The number of carbonyl (C=O) groups excluding carboxylic acids is 1. The number of nitrogens with zero attached hydrogens (tertiary/aromatic N) is 6. The van der Waals surface area contributed by atoms with Gasteiger partial charge in [0.15, 0.2) is 11.6 Å². The first-order valence-corrected chi connectivity index (χ1v) is 11.4. The summed E-state index contributed by atoms with van der Waals surface area (Å²) in [6.45, 7) is 6.14. The van der Waals surface area contributed by atoms with Crippen LogP contribution in [-0.4, -0.2) is 56.9 Å². The van der Waals surface area contributed by atoms with Crippen molar-refractivity contribution < 1.29 is 9.53 Å². The van der Waals surface area contributed by atoms with Gasteiger partial charge < -0.3 is 19.9 Å². The first-order valence-electron chi connectivity index (χ1n) is 11.0. The fourth-order valence-corrected chi connectivity index (χ4v) is 3.97. The van der Waals surface area contributed by atoms with Crippen LogP contribution in [0.25, 0.3) is 11.0 Å². The summed E-state index contributed by atoms with van der Waals surface area (Å²) in [6.07, 6.45) is 4.38. The van der Waals surface area contributed by atoms with Gasteiger partial charge in [-0.25, -0.2) is 19.9 Å². The normalized spacial score (nSPS) is 13.5. The molecule has 1 aliphatic heterocycles. The molecule has 176 valence electrons. The van der Waals surface area contributed by atoms with Gasteiger partial charge in [0, 0.05) is 32.2 Å². The minimum atomic E-state index is -0.0534. The molecule has 0 bridgehead atoms. The van der Waals surface area contributed by atoms with Crippen LogP contribution in [-0.2, 0) is 4.79 Å². The summed E-state index contributed by atoms with van der Waals surface area (Å²) >= 11 is 6.44. The van der Waals surface area contributed by atoms with E-state index >= 15 is 0 Å². The number of piperazine rings is 1. The number of halogens is 1. The van der Waals surface area contributed by atoms with Gasteiger partial charge in [-0.3, -0.25) is 4.79 Å². The van der Waals surface area contributed by atoms with E-state index in [0.29, 0.717) is 65.4 Å². The lowest BCUT2D eigenvalue weighted by Crippen LogP contribution is -2.48. The molecule has 4 heterocycles. The molecule has 10 heteroatoms. The second kappa shape index (κ2) is 9.94. The van der Waals surface area contributed by atoms with Crippen LogP contribution in [0, 0.1) is 0 Å². The van der Waals surface area contributed by atoms with Crippen molar-refractivity contribution in [2.24, 2.45) is 0 Å². The van der Waals surface area contributed by atoms with E-state index in [9.17, 15) is 4.79 Å². The summed E-state index contributed by atoms with van der Waals surface area (Å²) < 4.78 is 5.80. The first kappa shape index (κ1) is 22.5. The molecule has 0 atom stereocenters. The molecule has 0 aliphatic carbocycles. The number of nitrogens with one attached hydrogen (secondary N) is 1. The summed E-state index contributed by atoms with van der Waals surface area (Å²) in [7, 11) is 0. The number of benzene rings is 1. The highest BCUT2D eigenvalue weighted by atomic mass is 35.5. The van der Waals surface area contributed by atoms with Crippen molar-refractivity contribution in [3.63, 3.8) is 0 Å². The number of pyridine rings is 2. The third kappa shape index (κ3) is 4.99. The zero-order chi connectivity index (χ0) is 24.2. The number of fused-ring (bicyclic) bond motifs is 1. The summed E-state index contributed by atoms with van der Waals surface area (Å²) in [5.74, 6) is 2.87. The Morgan fingerprint density at radius 2 is 1.86 bits per heavy atom. The Morgan fingerprint density at radius 1 is 1.06 bits per heavy atom. The highest BCUT2D eigenvalue weighted by Gasteiger charge is 2.21. The predicted molar refractivity (Wildman–Crippen MR) is 135 cm³/mol. The Bertz CT molecular complexity index is 1380. The molecular formula is C25H22ClN7O2. The average molecular weight is 488 g/mol. The average Bonchev–Trinajstić information content (AvgIpc) is 2.90. The predicted octanol–water partition coefficient (Wildman–Crippen LogP) is 4.44. The number of hydrogen-bond donors (Lipinski definition) is 1. The maximum Gasteiger partial charge on any atom is 0.246 e. The van der Waals surface area contributed by atoms with Gasteiger partial charge in [-0.2, -0.15) is 0 Å². The van der Waals surface area contributed by atoms with Gasteiger partial charge in [-0.1, -0.05) is 36.4 Å². The van der Waals surface area contributed by atoms with E-state index in [4.69, 9.17) is 21.3 Å². The van der Waals surface area contributed by atoms with E-state index in [1.807, 2.05) is 42.5 Å². The van der Waals surface area contributed by atoms with Gasteiger partial charge in [-0.05, 0) is 30.3 Å². The SMILES string of the molecule is C=CC(=O)N1CCN(c2ccc3ncnc(Nc4cc(Cl)c(Oc5ccccc5)cn4)c3n2)CC1. The maximum atomic E-state index is 11.9. The smallest absolute Gasteiger partial charge is 0.246 e. The second-order valence-electron chi connectivity index (χ2n) is 7.82. The highest BCUT2D eigenvalue weighted by Crippen LogP contribution is 2.31. The number of para-hydroxylation sites is 1. The standard InChI is InChI=1S/C25H22ClN7O2/c1-2-23(34)33-12-10-32(11-13-33)22-9-8-19-24(31-22)25(29-16-28-19)30-21-14-18(26)20(15-27-21)35-17-6-4-3-5-7-17/h2-9,14-16H,1,10-13H2,(H,27,28,29,30). The molecule has 1 fully saturated rings. The number of ether oxygens (including phenoxy) is 1. The summed E-state index contributed by atoms with van der Waals surface area (Å²) in [6, 6.07) is 14.9. The molecule has 1 aliphatic rings. The minimum Gasteiger partial charge on any atom is -0.454 e. The van der Waals surface area contributed by atoms with E-state index in [1.165, 1.54) is 12.4 Å². The van der Waals surface area contributed by atoms with Gasteiger partial charge in [-0.15, -0.1) is 0 Å². The van der Waals surface area contributed by atoms with E-state index < -0.39 is 0 Å². The Kier molecular flexibility index (Phi) is 6.40. The molecule has 0 radical (unpaired) electrons. The van der Waals surface area contributed by atoms with Gasteiger partial charge in [0.1, 0.15) is 29.2 Å². The molecule has 35 heavy (non-hydrogen) atoms. The maximum absolute atomic E-state index is 11.9. The molecule has 4 aromatic rings. The number of rotatable bonds is 6. The van der Waals surface area contributed by atoms with Crippen LogP contribution in [0.1, 0.15) is 0 Å². The first-order chi connectivity index (χ1) is 17.1. The lowest BCUT2D eigenvalue weighted by molar-refractivity contribution is -0.126. The summed E-state index contributed by atoms with van der Waals surface area (Å²) in [5, 5.41) is 3.60. The van der Waals surface area contributed by atoms with Gasteiger partial charge >= 0.3 is 0 Å². The Hall–Kier alpha value is -4.24. The van der Waals surface area contributed by atoms with Crippen molar-refractivity contribution in [1.82, 2.24) is 24.8 Å². The van der Waals surface area contributed by atoms with E-state index in [1.54, 1.807) is 17.2 Å². The van der Waals surface area contributed by atoms with Crippen molar-refractivity contribution in [3.8, 4) is 11.5 Å². The number of anilines is 3. The van der Waals surface area contributed by atoms with Crippen molar-refractivity contribution >= 4 is 46.0 Å². The number of aromatic nitrogens is 4. The number of amides is 1. The monoisotopic (exact) mass is 487 g/mol. The largest absolute Gasteiger partial charge is 0.454 e. The lowest BCUT2D eigenvalue weighted by Gasteiger charge is -2.35. The van der Waals surface area contributed by atoms with Crippen LogP contribution < -0.4 is 15.0 Å². The quantitative estimate of drug-likeness (QED) is 0.399. The van der Waals surface area contributed by atoms with E-state index in [-0.39, 0.29) is 5.91 Å². The lowest BCUT2D eigenvalue weighted by atomic mass is 10.2. The van der Waals surface area contributed by atoms with Crippen molar-refractivity contribution in [1.29, 1.82) is 0 Å². The molecule has 9 nitrogen and oxygen atoms in total. The molecule has 3 aromatic heterocycles. The van der Waals surface area contributed by atoms with Crippen LogP contribution in [0.3, 0.4) is 0 Å². The van der Waals surface area contributed by atoms with Crippen molar-refractivity contribution in [3.05, 3.63) is 78.7 Å². The topological polar surface area (TPSA) is 96.4 Å². The molecule has 1 amide bonds. The molecule has 0 saturated carbocycles. The molecule has 1 saturated heterocycles. The van der Waals surface area contributed by atoms with Crippen LogP contribution in [0.2, 0.25) is 5.02 Å². The van der Waals surface area contributed by atoms with Crippen LogP contribution >= 0.6 is 11.6 Å². The van der Waals surface area contributed by atoms with Gasteiger partial charge in [0.25, 0.3) is 0 Å². The zero-order valence-electron chi connectivity index (χ0n) is 18.8. The molecule has 5 rings (SSSR count). The van der Waals surface area contributed by atoms with Gasteiger partial charge in [0.05, 0.1) is 16.7 Å². The molecule has 1 aromatic carbocycles.